The van der Waals surface area contributed by atoms with E-state index in [9.17, 15) is 9.59 Å². The zero-order chi connectivity index (χ0) is 16.8. The van der Waals surface area contributed by atoms with Crippen molar-refractivity contribution in [2.75, 3.05) is 24.2 Å². The minimum absolute atomic E-state index is 0.0687. The molecule has 0 aromatic heterocycles. The predicted octanol–water partition coefficient (Wildman–Crippen LogP) is 4.34. The maximum absolute atomic E-state index is 12.2. The van der Waals surface area contributed by atoms with Crippen LogP contribution in [0, 0.1) is 0 Å². The van der Waals surface area contributed by atoms with Crippen molar-refractivity contribution in [3.05, 3.63) is 54.6 Å². The first-order valence-electron chi connectivity index (χ1n) is 7.76. The van der Waals surface area contributed by atoms with E-state index in [0.717, 1.165) is 27.8 Å². The average Bonchev–Trinajstić information content (AvgIpc) is 3.01. The molecule has 1 saturated heterocycles. The van der Waals surface area contributed by atoms with Gasteiger partial charge in [0.2, 0.25) is 5.91 Å². The van der Waals surface area contributed by atoms with E-state index in [1.807, 2.05) is 54.6 Å². The van der Waals surface area contributed by atoms with Crippen LogP contribution in [0.4, 0.5) is 10.5 Å². The Bertz CT molecular complexity index is 722. The van der Waals surface area contributed by atoms with Gasteiger partial charge in [0.1, 0.15) is 0 Å². The Labute approximate surface area is 150 Å². The fraction of sp³-hybridized carbons (Fsp3) is 0.222. The molecule has 2 amide bonds. The van der Waals surface area contributed by atoms with Gasteiger partial charge in [-0.3, -0.25) is 9.59 Å². The van der Waals surface area contributed by atoms with Crippen LogP contribution in [0.25, 0.3) is 0 Å². The van der Waals surface area contributed by atoms with Gasteiger partial charge in [0.25, 0.3) is 5.24 Å². The fourth-order valence-corrected chi connectivity index (χ4v) is 4.13. The molecule has 0 bridgehead atoms. The van der Waals surface area contributed by atoms with Gasteiger partial charge >= 0.3 is 0 Å². The van der Waals surface area contributed by atoms with Gasteiger partial charge in [0.05, 0.1) is 5.69 Å². The Morgan fingerprint density at radius 2 is 1.88 bits per heavy atom. The average molecular weight is 358 g/mol. The van der Waals surface area contributed by atoms with Crippen molar-refractivity contribution in [2.45, 2.75) is 16.2 Å². The molecule has 24 heavy (non-hydrogen) atoms. The molecule has 2 aromatic carbocycles. The third-order valence-electron chi connectivity index (χ3n) is 3.59. The smallest absolute Gasteiger partial charge is 0.281 e. The van der Waals surface area contributed by atoms with E-state index < -0.39 is 0 Å². The zero-order valence-electron chi connectivity index (χ0n) is 13.1. The number of benzene rings is 2. The number of thioether (sulfide) groups is 1. The second kappa shape index (κ2) is 8.26. The van der Waals surface area contributed by atoms with Gasteiger partial charge < -0.3 is 10.2 Å². The molecule has 124 valence electrons. The van der Waals surface area contributed by atoms with Crippen LogP contribution in [0.2, 0.25) is 0 Å². The highest BCUT2D eigenvalue weighted by Crippen LogP contribution is 2.33. The monoisotopic (exact) mass is 358 g/mol. The number of amides is 2. The van der Waals surface area contributed by atoms with E-state index in [4.69, 9.17) is 0 Å². The van der Waals surface area contributed by atoms with Gasteiger partial charge in [-0.2, -0.15) is 0 Å². The second-order valence-corrected chi connectivity index (χ2v) is 7.47. The molecule has 0 aliphatic carbocycles. The maximum atomic E-state index is 12.2. The van der Waals surface area contributed by atoms with Crippen molar-refractivity contribution in [1.29, 1.82) is 0 Å². The van der Waals surface area contributed by atoms with Crippen molar-refractivity contribution in [3.8, 4) is 0 Å². The summed E-state index contributed by atoms with van der Waals surface area (Å²) < 4.78 is 0. The van der Waals surface area contributed by atoms with Crippen LogP contribution in [0.3, 0.4) is 0 Å². The first-order chi connectivity index (χ1) is 11.7. The summed E-state index contributed by atoms with van der Waals surface area (Å²) in [6.07, 6.45) is 0.316. The third kappa shape index (κ3) is 4.55. The SMILES string of the molecule is O=C(CCN1CCSC1=O)Nc1ccccc1Sc1ccccc1. The van der Waals surface area contributed by atoms with Crippen molar-refractivity contribution in [2.24, 2.45) is 0 Å². The van der Waals surface area contributed by atoms with Gasteiger partial charge in [-0.05, 0) is 24.3 Å². The highest BCUT2D eigenvalue weighted by Gasteiger charge is 2.21. The summed E-state index contributed by atoms with van der Waals surface area (Å²) in [6.45, 7) is 1.21. The van der Waals surface area contributed by atoms with Crippen LogP contribution in [0.1, 0.15) is 6.42 Å². The lowest BCUT2D eigenvalue weighted by atomic mass is 10.3. The molecule has 3 rings (SSSR count). The Kier molecular flexibility index (Phi) is 5.82. The molecular formula is C18H18N2O2S2. The summed E-state index contributed by atoms with van der Waals surface area (Å²) in [5.74, 6) is 0.748. The Morgan fingerprint density at radius 3 is 2.62 bits per heavy atom. The van der Waals surface area contributed by atoms with E-state index in [1.54, 1.807) is 16.7 Å². The summed E-state index contributed by atoms with van der Waals surface area (Å²) in [7, 11) is 0. The third-order valence-corrected chi connectivity index (χ3v) is 5.56. The molecule has 0 spiro atoms. The molecule has 1 aliphatic heterocycles. The van der Waals surface area contributed by atoms with Crippen LogP contribution >= 0.6 is 23.5 Å². The molecule has 1 fully saturated rings. The molecule has 6 heteroatoms. The van der Waals surface area contributed by atoms with Gasteiger partial charge in [-0.15, -0.1) is 0 Å². The van der Waals surface area contributed by atoms with E-state index in [1.165, 1.54) is 11.8 Å². The number of anilines is 1. The summed E-state index contributed by atoms with van der Waals surface area (Å²) in [5.41, 5.74) is 0.804. The molecule has 0 atom stereocenters. The number of hydrogen-bond donors (Lipinski definition) is 1. The fourth-order valence-electron chi connectivity index (χ4n) is 2.35. The van der Waals surface area contributed by atoms with Crippen LogP contribution in [0.5, 0.6) is 0 Å². The van der Waals surface area contributed by atoms with Crippen molar-refractivity contribution in [3.63, 3.8) is 0 Å². The summed E-state index contributed by atoms with van der Waals surface area (Å²) in [6, 6.07) is 17.8. The number of nitrogens with one attached hydrogen (secondary N) is 1. The molecule has 1 heterocycles. The molecule has 0 saturated carbocycles. The Balaban J connectivity index is 1.60. The van der Waals surface area contributed by atoms with Crippen molar-refractivity contribution >= 4 is 40.4 Å². The normalized spacial score (nSPS) is 14.0. The van der Waals surface area contributed by atoms with Crippen LogP contribution in [0.15, 0.2) is 64.4 Å². The topological polar surface area (TPSA) is 49.4 Å². The van der Waals surface area contributed by atoms with E-state index in [-0.39, 0.29) is 11.1 Å². The van der Waals surface area contributed by atoms with E-state index >= 15 is 0 Å². The maximum Gasteiger partial charge on any atom is 0.281 e. The Hall–Kier alpha value is -1.92. The quantitative estimate of drug-likeness (QED) is 0.835. The van der Waals surface area contributed by atoms with Gasteiger partial charge in [0.15, 0.2) is 0 Å². The second-order valence-electron chi connectivity index (χ2n) is 5.31. The van der Waals surface area contributed by atoms with Gasteiger partial charge in [-0.1, -0.05) is 53.9 Å². The molecule has 1 N–H and O–H groups in total. The van der Waals surface area contributed by atoms with Crippen LogP contribution in [-0.2, 0) is 4.79 Å². The Morgan fingerprint density at radius 1 is 1.12 bits per heavy atom. The molecular weight excluding hydrogens is 340 g/mol. The summed E-state index contributed by atoms with van der Waals surface area (Å²) in [5, 5.41) is 3.04. The highest BCUT2D eigenvalue weighted by molar-refractivity contribution is 8.13. The lowest BCUT2D eigenvalue weighted by molar-refractivity contribution is -0.116. The minimum atomic E-state index is -0.0687. The van der Waals surface area contributed by atoms with Crippen LogP contribution in [-0.4, -0.2) is 34.9 Å². The molecule has 0 unspecified atom stereocenters. The molecule has 1 aliphatic rings. The van der Waals surface area contributed by atoms with E-state index in [0.29, 0.717) is 13.0 Å². The standard InChI is InChI=1S/C18H18N2O2S2/c21-17(10-11-20-12-13-23-18(20)22)19-15-8-4-5-9-16(15)24-14-6-2-1-3-7-14/h1-9H,10-13H2,(H,19,21). The summed E-state index contributed by atoms with van der Waals surface area (Å²) >= 11 is 2.93. The van der Waals surface area contributed by atoms with Gasteiger partial charge in [-0.25, -0.2) is 0 Å². The molecule has 0 radical (unpaired) electrons. The number of nitrogens with zero attached hydrogens (tertiary/aromatic N) is 1. The van der Waals surface area contributed by atoms with Crippen molar-refractivity contribution in [1.82, 2.24) is 4.90 Å². The molecule has 4 nitrogen and oxygen atoms in total. The minimum Gasteiger partial charge on any atom is -0.332 e. The first kappa shape index (κ1) is 16.9. The highest BCUT2D eigenvalue weighted by atomic mass is 32.2. The zero-order valence-corrected chi connectivity index (χ0v) is 14.7. The number of carbonyl (C=O) groups is 2. The number of carbonyl (C=O) groups excluding carboxylic acids is 2. The lowest BCUT2D eigenvalue weighted by Crippen LogP contribution is -2.27. The summed E-state index contributed by atoms with van der Waals surface area (Å²) in [4.78, 5) is 27.6. The number of rotatable bonds is 6. The predicted molar refractivity (Wildman–Crippen MR) is 99.7 cm³/mol. The van der Waals surface area contributed by atoms with Crippen molar-refractivity contribution < 1.29 is 9.59 Å². The number of para-hydroxylation sites is 1. The van der Waals surface area contributed by atoms with Gasteiger partial charge in [0, 0.05) is 35.1 Å². The lowest BCUT2D eigenvalue weighted by Gasteiger charge is -2.15. The first-order valence-corrected chi connectivity index (χ1v) is 9.56. The largest absolute Gasteiger partial charge is 0.332 e. The van der Waals surface area contributed by atoms with Crippen LogP contribution < -0.4 is 5.32 Å². The molecule has 2 aromatic rings. The number of hydrogen-bond acceptors (Lipinski definition) is 4. The van der Waals surface area contributed by atoms with E-state index in [2.05, 4.69) is 5.32 Å².